The highest BCUT2D eigenvalue weighted by Gasteiger charge is 2.15. The number of nitrogens with one attached hydrogen (secondary N) is 1. The second kappa shape index (κ2) is 6.33. The van der Waals surface area contributed by atoms with Crippen molar-refractivity contribution in [1.29, 1.82) is 0 Å². The first-order valence-electron chi connectivity index (χ1n) is 6.19. The number of hydrogen-bond donors (Lipinski definition) is 2. The Labute approximate surface area is 131 Å². The third-order valence-electron chi connectivity index (χ3n) is 3.03. The highest BCUT2D eigenvalue weighted by atomic mass is 35.5. The van der Waals surface area contributed by atoms with Gasteiger partial charge in [0.2, 0.25) is 0 Å². The van der Waals surface area contributed by atoms with E-state index in [0.29, 0.717) is 10.0 Å². The number of amides is 1. The Morgan fingerprint density at radius 2 is 1.95 bits per heavy atom. The van der Waals surface area contributed by atoms with E-state index in [2.05, 4.69) is 5.32 Å². The van der Waals surface area contributed by atoms with Crippen LogP contribution in [0.5, 0.6) is 0 Å². The molecule has 110 valence electrons. The molecule has 0 aliphatic rings. The van der Waals surface area contributed by atoms with Crippen LogP contribution >= 0.6 is 23.2 Å². The maximum absolute atomic E-state index is 13.1. The van der Waals surface area contributed by atoms with Gasteiger partial charge in [-0.15, -0.1) is 0 Å². The van der Waals surface area contributed by atoms with E-state index in [4.69, 9.17) is 28.9 Å². The Morgan fingerprint density at radius 3 is 2.57 bits per heavy atom. The van der Waals surface area contributed by atoms with Gasteiger partial charge in [-0.05, 0) is 42.8 Å². The smallest absolute Gasteiger partial charge is 0.251 e. The molecule has 0 heterocycles. The maximum Gasteiger partial charge on any atom is 0.251 e. The standard InChI is InChI=1S/C15H13Cl2FN2O/c1-8(11-4-3-10(16)7-12(11)17)20-15(21)9-2-5-13(18)14(19)6-9/h2-8H,19H2,1H3,(H,20,21). The molecule has 0 aromatic heterocycles. The second-order valence-corrected chi connectivity index (χ2v) is 5.44. The quantitative estimate of drug-likeness (QED) is 0.830. The van der Waals surface area contributed by atoms with Crippen molar-refractivity contribution in [3.05, 3.63) is 63.4 Å². The van der Waals surface area contributed by atoms with Crippen molar-refractivity contribution in [1.82, 2.24) is 5.32 Å². The van der Waals surface area contributed by atoms with Crippen molar-refractivity contribution >= 4 is 34.8 Å². The summed E-state index contributed by atoms with van der Waals surface area (Å²) in [5.74, 6) is -0.916. The molecule has 0 aliphatic carbocycles. The number of rotatable bonds is 3. The Kier molecular flexibility index (Phi) is 4.70. The summed E-state index contributed by atoms with van der Waals surface area (Å²) in [6.45, 7) is 1.79. The van der Waals surface area contributed by atoms with Crippen molar-refractivity contribution < 1.29 is 9.18 Å². The predicted molar refractivity (Wildman–Crippen MR) is 83.2 cm³/mol. The summed E-state index contributed by atoms with van der Waals surface area (Å²) in [7, 11) is 0. The van der Waals surface area contributed by atoms with E-state index >= 15 is 0 Å². The predicted octanol–water partition coefficient (Wildman–Crippen LogP) is 4.21. The van der Waals surface area contributed by atoms with Gasteiger partial charge in [-0.2, -0.15) is 0 Å². The van der Waals surface area contributed by atoms with Crippen molar-refractivity contribution in [3.8, 4) is 0 Å². The van der Waals surface area contributed by atoms with Crippen molar-refractivity contribution in [2.45, 2.75) is 13.0 Å². The number of halogens is 3. The number of nitrogen functional groups attached to an aromatic ring is 1. The van der Waals surface area contributed by atoms with Crippen molar-refractivity contribution in [3.63, 3.8) is 0 Å². The van der Waals surface area contributed by atoms with Crippen LogP contribution in [0, 0.1) is 5.82 Å². The van der Waals surface area contributed by atoms with Gasteiger partial charge in [0, 0.05) is 15.6 Å². The van der Waals surface area contributed by atoms with Gasteiger partial charge < -0.3 is 11.1 Å². The van der Waals surface area contributed by atoms with Gasteiger partial charge in [-0.1, -0.05) is 29.3 Å². The summed E-state index contributed by atoms with van der Waals surface area (Å²) < 4.78 is 13.1. The van der Waals surface area contributed by atoms with Gasteiger partial charge in [0.1, 0.15) is 5.82 Å². The van der Waals surface area contributed by atoms with Crippen LogP contribution in [0.15, 0.2) is 36.4 Å². The molecule has 2 rings (SSSR count). The van der Waals surface area contributed by atoms with E-state index in [9.17, 15) is 9.18 Å². The molecule has 1 unspecified atom stereocenters. The summed E-state index contributed by atoms with van der Waals surface area (Å²) in [5.41, 5.74) is 6.40. The van der Waals surface area contributed by atoms with Crippen LogP contribution in [0.3, 0.4) is 0 Å². The molecule has 0 bridgehead atoms. The minimum atomic E-state index is -0.555. The first-order valence-corrected chi connectivity index (χ1v) is 6.95. The average molecular weight is 327 g/mol. The number of hydrogen-bond acceptors (Lipinski definition) is 2. The van der Waals surface area contributed by atoms with Gasteiger partial charge in [-0.25, -0.2) is 4.39 Å². The third kappa shape index (κ3) is 3.65. The molecule has 3 nitrogen and oxygen atoms in total. The molecule has 2 aromatic rings. The lowest BCUT2D eigenvalue weighted by Crippen LogP contribution is -2.27. The third-order valence-corrected chi connectivity index (χ3v) is 3.60. The SMILES string of the molecule is CC(NC(=O)c1ccc(F)c(N)c1)c1ccc(Cl)cc1Cl. The highest BCUT2D eigenvalue weighted by molar-refractivity contribution is 6.35. The molecule has 0 fully saturated rings. The Balaban J connectivity index is 2.16. The van der Waals surface area contributed by atoms with E-state index in [0.717, 1.165) is 11.6 Å². The van der Waals surface area contributed by atoms with Crippen LogP contribution in [0.1, 0.15) is 28.9 Å². The van der Waals surface area contributed by atoms with Crippen LogP contribution in [0.4, 0.5) is 10.1 Å². The lowest BCUT2D eigenvalue weighted by molar-refractivity contribution is 0.0940. The fraction of sp³-hybridized carbons (Fsp3) is 0.133. The van der Waals surface area contributed by atoms with Crippen molar-refractivity contribution in [2.75, 3.05) is 5.73 Å². The van der Waals surface area contributed by atoms with E-state index < -0.39 is 5.82 Å². The number of carbonyl (C=O) groups excluding carboxylic acids is 1. The molecular weight excluding hydrogens is 314 g/mol. The number of nitrogens with two attached hydrogens (primary N) is 1. The molecule has 2 aromatic carbocycles. The molecular formula is C15H13Cl2FN2O. The molecule has 3 N–H and O–H groups in total. The van der Waals surface area contributed by atoms with Gasteiger partial charge in [0.15, 0.2) is 0 Å². The Hall–Kier alpha value is -1.78. The van der Waals surface area contributed by atoms with Crippen LogP contribution in [-0.2, 0) is 0 Å². The van der Waals surface area contributed by atoms with Crippen molar-refractivity contribution in [2.24, 2.45) is 0 Å². The lowest BCUT2D eigenvalue weighted by atomic mass is 10.1. The van der Waals surface area contributed by atoms with Crippen LogP contribution in [-0.4, -0.2) is 5.91 Å². The van der Waals surface area contributed by atoms with Crippen LogP contribution in [0.25, 0.3) is 0 Å². The Bertz CT molecular complexity index is 691. The number of carbonyl (C=O) groups is 1. The van der Waals surface area contributed by atoms with E-state index in [1.807, 2.05) is 0 Å². The molecule has 0 aliphatic heterocycles. The van der Waals surface area contributed by atoms with E-state index in [1.54, 1.807) is 25.1 Å². The first-order chi connectivity index (χ1) is 9.88. The first kappa shape index (κ1) is 15.6. The summed E-state index contributed by atoms with van der Waals surface area (Å²) >= 11 is 11.9. The van der Waals surface area contributed by atoms with E-state index in [1.165, 1.54) is 12.1 Å². The highest BCUT2D eigenvalue weighted by Crippen LogP contribution is 2.26. The fourth-order valence-corrected chi connectivity index (χ4v) is 2.47. The summed E-state index contributed by atoms with van der Waals surface area (Å²) in [4.78, 5) is 12.1. The molecule has 1 atom stereocenters. The molecule has 0 saturated heterocycles. The average Bonchev–Trinajstić information content (AvgIpc) is 2.41. The lowest BCUT2D eigenvalue weighted by Gasteiger charge is -2.16. The van der Waals surface area contributed by atoms with Gasteiger partial charge in [0.05, 0.1) is 11.7 Å². The molecule has 6 heteroatoms. The summed E-state index contributed by atoms with van der Waals surface area (Å²) in [5, 5.41) is 3.76. The van der Waals surface area contributed by atoms with Gasteiger partial charge >= 0.3 is 0 Å². The molecule has 0 radical (unpaired) electrons. The molecule has 0 spiro atoms. The Morgan fingerprint density at radius 1 is 1.24 bits per heavy atom. The fourth-order valence-electron chi connectivity index (χ4n) is 1.90. The minimum Gasteiger partial charge on any atom is -0.396 e. The number of anilines is 1. The summed E-state index contributed by atoms with van der Waals surface area (Å²) in [6, 6.07) is 8.54. The van der Waals surface area contributed by atoms with Gasteiger partial charge in [-0.3, -0.25) is 4.79 Å². The zero-order valence-electron chi connectivity index (χ0n) is 11.2. The monoisotopic (exact) mass is 326 g/mol. The normalized spacial score (nSPS) is 12.0. The van der Waals surface area contributed by atoms with E-state index in [-0.39, 0.29) is 23.2 Å². The molecule has 0 saturated carbocycles. The second-order valence-electron chi connectivity index (χ2n) is 4.60. The zero-order chi connectivity index (χ0) is 15.6. The largest absolute Gasteiger partial charge is 0.396 e. The van der Waals surface area contributed by atoms with Gasteiger partial charge in [0.25, 0.3) is 5.91 Å². The minimum absolute atomic E-state index is 0.0696. The summed E-state index contributed by atoms with van der Waals surface area (Å²) in [6.07, 6.45) is 0. The topological polar surface area (TPSA) is 55.1 Å². The molecule has 1 amide bonds. The maximum atomic E-state index is 13.1. The molecule has 21 heavy (non-hydrogen) atoms. The zero-order valence-corrected chi connectivity index (χ0v) is 12.7. The van der Waals surface area contributed by atoms with Crippen LogP contribution in [0.2, 0.25) is 10.0 Å². The number of benzene rings is 2. The van der Waals surface area contributed by atoms with Crippen LogP contribution < -0.4 is 11.1 Å².